The van der Waals surface area contributed by atoms with Gasteiger partial charge < -0.3 is 19.1 Å². The van der Waals surface area contributed by atoms with Crippen molar-refractivity contribution >= 4 is 21.4 Å². The fourth-order valence-electron chi connectivity index (χ4n) is 2.54. The van der Waals surface area contributed by atoms with Gasteiger partial charge in [-0.25, -0.2) is 8.42 Å². The maximum Gasteiger partial charge on any atom is 0.226 e. The fraction of sp³-hybridized carbons (Fsp3) is 0.350. The number of amides is 1. The zero-order chi connectivity index (χ0) is 20.7. The van der Waals surface area contributed by atoms with Gasteiger partial charge >= 0.3 is 0 Å². The Labute approximate surface area is 165 Å². The summed E-state index contributed by atoms with van der Waals surface area (Å²) in [7, 11) is 1.58. The zero-order valence-electron chi connectivity index (χ0n) is 16.5. The highest BCUT2D eigenvalue weighted by atomic mass is 32.2. The van der Waals surface area contributed by atoms with E-state index in [4.69, 9.17) is 14.2 Å². The van der Waals surface area contributed by atoms with Crippen LogP contribution in [-0.4, -0.2) is 48.5 Å². The van der Waals surface area contributed by atoms with Crippen LogP contribution in [0.1, 0.15) is 12.8 Å². The minimum Gasteiger partial charge on any atom is -0.494 e. The molecule has 0 saturated carbocycles. The Bertz CT molecular complexity index is 909. The third kappa shape index (κ3) is 5.63. The first-order valence-corrected chi connectivity index (χ1v) is 10.6. The molecular weight excluding hydrogens is 382 g/mol. The molecule has 0 bridgehead atoms. The molecule has 8 heteroatoms. The molecule has 0 saturated heterocycles. The third-order valence-electron chi connectivity index (χ3n) is 4.18. The maximum atomic E-state index is 12.4. The Hall–Kier alpha value is -2.74. The van der Waals surface area contributed by atoms with Crippen molar-refractivity contribution < 1.29 is 27.4 Å². The largest absolute Gasteiger partial charge is 0.494 e. The minimum atomic E-state index is -3.22. The summed E-state index contributed by atoms with van der Waals surface area (Å²) in [4.78, 5) is 14.2. The molecule has 1 amide bonds. The summed E-state index contributed by atoms with van der Waals surface area (Å²) in [6.07, 6.45) is 2.00. The molecule has 0 N–H and O–H groups in total. The monoisotopic (exact) mass is 407 g/mol. The summed E-state index contributed by atoms with van der Waals surface area (Å²) in [6.45, 7) is 0.351. The van der Waals surface area contributed by atoms with Crippen LogP contribution in [0.3, 0.4) is 0 Å². The number of methoxy groups -OCH3 is 2. The SMILES string of the molecule is COc1ccc(N(C)C(=O)CCCOc2ccc(S(C)(=O)=O)cc2)cc1OC. The fourth-order valence-corrected chi connectivity index (χ4v) is 3.17. The molecule has 0 aliphatic carbocycles. The average Bonchev–Trinajstić information content (AvgIpc) is 2.69. The number of nitrogens with zero attached hydrogens (tertiary/aromatic N) is 1. The van der Waals surface area contributed by atoms with Crippen molar-refractivity contribution in [2.24, 2.45) is 0 Å². The highest BCUT2D eigenvalue weighted by molar-refractivity contribution is 7.90. The number of sulfone groups is 1. The van der Waals surface area contributed by atoms with E-state index in [9.17, 15) is 13.2 Å². The van der Waals surface area contributed by atoms with Crippen LogP contribution in [0.15, 0.2) is 47.4 Å². The molecule has 0 aromatic heterocycles. The number of hydrogen-bond donors (Lipinski definition) is 0. The minimum absolute atomic E-state index is 0.0526. The van der Waals surface area contributed by atoms with E-state index in [0.29, 0.717) is 42.4 Å². The van der Waals surface area contributed by atoms with E-state index in [1.807, 2.05) is 0 Å². The van der Waals surface area contributed by atoms with Crippen molar-refractivity contribution in [2.45, 2.75) is 17.7 Å². The van der Waals surface area contributed by atoms with E-state index < -0.39 is 9.84 Å². The lowest BCUT2D eigenvalue weighted by atomic mass is 10.2. The quantitative estimate of drug-likeness (QED) is 0.595. The number of hydrogen-bond acceptors (Lipinski definition) is 6. The van der Waals surface area contributed by atoms with Gasteiger partial charge in [-0.3, -0.25) is 4.79 Å². The van der Waals surface area contributed by atoms with E-state index in [1.54, 1.807) is 56.5 Å². The van der Waals surface area contributed by atoms with Gasteiger partial charge in [-0.1, -0.05) is 0 Å². The lowest BCUT2D eigenvalue weighted by Gasteiger charge is -2.19. The predicted molar refractivity (Wildman–Crippen MR) is 107 cm³/mol. The Balaban J connectivity index is 1.85. The van der Waals surface area contributed by atoms with E-state index >= 15 is 0 Å². The molecule has 0 aliphatic heterocycles. The highest BCUT2D eigenvalue weighted by Gasteiger charge is 2.14. The molecule has 0 aliphatic rings. The molecular formula is C20H25NO6S. The smallest absolute Gasteiger partial charge is 0.226 e. The summed E-state index contributed by atoms with van der Waals surface area (Å²) in [5.41, 5.74) is 0.708. The van der Waals surface area contributed by atoms with Crippen molar-refractivity contribution in [1.82, 2.24) is 0 Å². The number of carbonyl (C=O) groups is 1. The molecule has 2 aromatic carbocycles. The first-order chi connectivity index (χ1) is 13.3. The molecule has 0 spiro atoms. The van der Waals surface area contributed by atoms with Crippen LogP contribution in [0.25, 0.3) is 0 Å². The topological polar surface area (TPSA) is 82.1 Å². The van der Waals surface area contributed by atoms with Crippen LogP contribution in [-0.2, 0) is 14.6 Å². The lowest BCUT2D eigenvalue weighted by Crippen LogP contribution is -2.26. The summed E-state index contributed by atoms with van der Waals surface area (Å²) in [6, 6.07) is 11.5. The molecule has 0 fully saturated rings. The van der Waals surface area contributed by atoms with Gasteiger partial charge in [0.25, 0.3) is 0 Å². The molecule has 0 atom stereocenters. The van der Waals surface area contributed by atoms with E-state index in [2.05, 4.69) is 0 Å². The molecule has 152 valence electrons. The molecule has 7 nitrogen and oxygen atoms in total. The molecule has 0 unspecified atom stereocenters. The Morgan fingerprint density at radius 3 is 2.21 bits per heavy atom. The molecule has 0 heterocycles. The van der Waals surface area contributed by atoms with Crippen LogP contribution in [0.4, 0.5) is 5.69 Å². The molecule has 0 radical (unpaired) electrons. The Kier molecular flexibility index (Phi) is 7.28. The normalized spacial score (nSPS) is 11.0. The van der Waals surface area contributed by atoms with Crippen molar-refractivity contribution in [3.8, 4) is 17.2 Å². The van der Waals surface area contributed by atoms with Gasteiger partial charge in [0, 0.05) is 31.5 Å². The number of ether oxygens (including phenoxy) is 3. The Morgan fingerprint density at radius 2 is 1.64 bits per heavy atom. The Morgan fingerprint density at radius 1 is 1.00 bits per heavy atom. The van der Waals surface area contributed by atoms with Crippen molar-refractivity contribution in [3.05, 3.63) is 42.5 Å². The second kappa shape index (κ2) is 9.45. The van der Waals surface area contributed by atoms with Gasteiger partial charge in [0.1, 0.15) is 5.75 Å². The summed E-state index contributed by atoms with van der Waals surface area (Å²) < 4.78 is 38.9. The van der Waals surface area contributed by atoms with E-state index in [1.165, 1.54) is 12.1 Å². The van der Waals surface area contributed by atoms with Crippen molar-refractivity contribution in [1.29, 1.82) is 0 Å². The van der Waals surface area contributed by atoms with Gasteiger partial charge in [0.2, 0.25) is 5.91 Å². The second-order valence-electron chi connectivity index (χ2n) is 6.19. The van der Waals surface area contributed by atoms with E-state index in [-0.39, 0.29) is 10.8 Å². The third-order valence-corrected chi connectivity index (χ3v) is 5.31. The highest BCUT2D eigenvalue weighted by Crippen LogP contribution is 2.31. The van der Waals surface area contributed by atoms with Crippen molar-refractivity contribution in [3.63, 3.8) is 0 Å². The zero-order valence-corrected chi connectivity index (χ0v) is 17.3. The summed E-state index contributed by atoms with van der Waals surface area (Å²) in [5, 5.41) is 0. The maximum absolute atomic E-state index is 12.4. The number of anilines is 1. The van der Waals surface area contributed by atoms with Crippen LogP contribution in [0.2, 0.25) is 0 Å². The first kappa shape index (κ1) is 21.6. The molecule has 2 rings (SSSR count). The van der Waals surface area contributed by atoms with Gasteiger partial charge in [0.15, 0.2) is 21.3 Å². The van der Waals surface area contributed by atoms with Crippen LogP contribution in [0, 0.1) is 0 Å². The van der Waals surface area contributed by atoms with Crippen LogP contribution < -0.4 is 19.1 Å². The van der Waals surface area contributed by atoms with Gasteiger partial charge in [-0.05, 0) is 42.8 Å². The van der Waals surface area contributed by atoms with Crippen LogP contribution >= 0.6 is 0 Å². The van der Waals surface area contributed by atoms with E-state index in [0.717, 1.165) is 6.26 Å². The molecule has 28 heavy (non-hydrogen) atoms. The van der Waals surface area contributed by atoms with Crippen molar-refractivity contribution in [2.75, 3.05) is 39.0 Å². The summed E-state index contributed by atoms with van der Waals surface area (Å²) in [5.74, 6) is 1.67. The predicted octanol–water partition coefficient (Wildman–Crippen LogP) is 2.93. The van der Waals surface area contributed by atoms with Gasteiger partial charge in [0.05, 0.1) is 25.7 Å². The van der Waals surface area contributed by atoms with Crippen LogP contribution in [0.5, 0.6) is 17.2 Å². The standard InChI is InChI=1S/C20H25NO6S/c1-21(15-7-12-18(25-2)19(14-15)26-3)20(22)6-5-13-27-16-8-10-17(11-9-16)28(4,23)24/h7-12,14H,5-6,13H2,1-4H3. The number of rotatable bonds is 9. The average molecular weight is 407 g/mol. The number of carbonyl (C=O) groups excluding carboxylic acids is 1. The lowest BCUT2D eigenvalue weighted by molar-refractivity contribution is -0.118. The second-order valence-corrected chi connectivity index (χ2v) is 8.20. The van der Waals surface area contributed by atoms with Gasteiger partial charge in [-0.2, -0.15) is 0 Å². The summed E-state index contributed by atoms with van der Waals surface area (Å²) >= 11 is 0. The van der Waals surface area contributed by atoms with Gasteiger partial charge in [-0.15, -0.1) is 0 Å². The number of benzene rings is 2. The molecule has 2 aromatic rings. The first-order valence-electron chi connectivity index (χ1n) is 8.67.